The van der Waals surface area contributed by atoms with E-state index in [-0.39, 0.29) is 0 Å². The molecule has 2 rings (SSSR count). The van der Waals surface area contributed by atoms with Gasteiger partial charge in [0, 0.05) is 18.5 Å². The lowest BCUT2D eigenvalue weighted by Gasteiger charge is -2.42. The molecule has 1 fully saturated rings. The van der Waals surface area contributed by atoms with Crippen LogP contribution < -0.4 is 5.32 Å². The molecule has 2 nitrogen and oxygen atoms in total. The van der Waals surface area contributed by atoms with Gasteiger partial charge in [-0.1, -0.05) is 33.6 Å². The number of furan rings is 1. The van der Waals surface area contributed by atoms with Crippen molar-refractivity contribution in [3.8, 4) is 0 Å². The normalized spacial score (nSPS) is 25.6. The monoisotopic (exact) mass is 277 g/mol. The zero-order chi connectivity index (χ0) is 14.6. The van der Waals surface area contributed by atoms with E-state index in [1.807, 2.05) is 6.07 Å². The van der Waals surface area contributed by atoms with E-state index in [1.54, 1.807) is 6.26 Å². The molecule has 1 aliphatic rings. The standard InChI is InChI=1S/C18H31NO/c1-14(11-12-15-8-7-13-20-15)19-17-10-6-5-9-16(17)18(2,3)4/h7-8,13-14,16-17,19H,5-6,9-12H2,1-4H3. The second kappa shape index (κ2) is 6.80. The molecular weight excluding hydrogens is 246 g/mol. The first-order valence-electron chi connectivity index (χ1n) is 8.25. The van der Waals surface area contributed by atoms with Crippen LogP contribution in [0.2, 0.25) is 0 Å². The Morgan fingerprint density at radius 3 is 2.70 bits per heavy atom. The Morgan fingerprint density at radius 1 is 1.30 bits per heavy atom. The molecule has 0 amide bonds. The van der Waals surface area contributed by atoms with Crippen molar-refractivity contribution in [3.05, 3.63) is 24.2 Å². The van der Waals surface area contributed by atoms with Crippen molar-refractivity contribution >= 4 is 0 Å². The lowest BCUT2D eigenvalue weighted by atomic mass is 9.69. The van der Waals surface area contributed by atoms with E-state index in [9.17, 15) is 0 Å². The van der Waals surface area contributed by atoms with Crippen LogP contribution in [0.25, 0.3) is 0 Å². The van der Waals surface area contributed by atoms with Gasteiger partial charge in [-0.15, -0.1) is 0 Å². The first-order chi connectivity index (χ1) is 9.47. The van der Waals surface area contributed by atoms with Crippen LogP contribution in [0.3, 0.4) is 0 Å². The Kier molecular flexibility index (Phi) is 5.31. The Labute approximate surface area is 124 Å². The van der Waals surface area contributed by atoms with E-state index in [0.29, 0.717) is 17.5 Å². The van der Waals surface area contributed by atoms with Gasteiger partial charge in [0.1, 0.15) is 5.76 Å². The largest absolute Gasteiger partial charge is 0.469 e. The third-order valence-electron chi connectivity index (χ3n) is 4.78. The highest BCUT2D eigenvalue weighted by Gasteiger charge is 2.34. The molecule has 0 radical (unpaired) electrons. The van der Waals surface area contributed by atoms with Crippen molar-refractivity contribution in [1.29, 1.82) is 0 Å². The summed E-state index contributed by atoms with van der Waals surface area (Å²) in [5, 5.41) is 3.90. The van der Waals surface area contributed by atoms with E-state index < -0.39 is 0 Å². The third-order valence-corrected chi connectivity index (χ3v) is 4.78. The van der Waals surface area contributed by atoms with Gasteiger partial charge < -0.3 is 9.73 Å². The van der Waals surface area contributed by atoms with Crippen molar-refractivity contribution in [2.45, 2.75) is 78.3 Å². The second-order valence-electron chi connectivity index (χ2n) is 7.55. The second-order valence-corrected chi connectivity index (χ2v) is 7.55. The summed E-state index contributed by atoms with van der Waals surface area (Å²) in [6, 6.07) is 5.30. The fourth-order valence-corrected chi connectivity index (χ4v) is 3.63. The zero-order valence-electron chi connectivity index (χ0n) is 13.6. The topological polar surface area (TPSA) is 25.2 Å². The molecule has 0 aromatic carbocycles. The van der Waals surface area contributed by atoms with Crippen LogP contribution in [-0.2, 0) is 6.42 Å². The molecule has 1 aliphatic carbocycles. The van der Waals surface area contributed by atoms with Crippen LogP contribution in [0.1, 0.15) is 65.6 Å². The number of aryl methyl sites for hydroxylation is 1. The molecule has 0 spiro atoms. The molecule has 3 atom stereocenters. The van der Waals surface area contributed by atoms with E-state index in [0.717, 1.165) is 24.5 Å². The average molecular weight is 277 g/mol. The van der Waals surface area contributed by atoms with Crippen LogP contribution in [0.15, 0.2) is 22.8 Å². The summed E-state index contributed by atoms with van der Waals surface area (Å²) in [5.74, 6) is 1.91. The van der Waals surface area contributed by atoms with E-state index >= 15 is 0 Å². The Hall–Kier alpha value is -0.760. The van der Waals surface area contributed by atoms with Gasteiger partial charge in [-0.05, 0) is 49.7 Å². The Balaban J connectivity index is 1.83. The first-order valence-corrected chi connectivity index (χ1v) is 8.25. The van der Waals surface area contributed by atoms with Crippen molar-refractivity contribution in [2.75, 3.05) is 0 Å². The van der Waals surface area contributed by atoms with Gasteiger partial charge in [-0.25, -0.2) is 0 Å². The summed E-state index contributed by atoms with van der Waals surface area (Å²) < 4.78 is 5.42. The number of hydrogen-bond donors (Lipinski definition) is 1. The minimum absolute atomic E-state index is 0.415. The molecule has 1 heterocycles. The Bertz CT molecular complexity index is 377. The molecule has 1 aromatic rings. The summed E-state index contributed by atoms with van der Waals surface area (Å²) in [6.45, 7) is 9.50. The number of rotatable bonds is 5. The van der Waals surface area contributed by atoms with Crippen molar-refractivity contribution in [3.63, 3.8) is 0 Å². The van der Waals surface area contributed by atoms with Gasteiger partial charge in [0.25, 0.3) is 0 Å². The molecule has 20 heavy (non-hydrogen) atoms. The fourth-order valence-electron chi connectivity index (χ4n) is 3.63. The number of hydrogen-bond acceptors (Lipinski definition) is 2. The summed E-state index contributed by atoms with van der Waals surface area (Å²) in [5.41, 5.74) is 0.415. The highest BCUT2D eigenvalue weighted by atomic mass is 16.3. The van der Waals surface area contributed by atoms with Crippen LogP contribution >= 0.6 is 0 Å². The first kappa shape index (κ1) is 15.6. The van der Waals surface area contributed by atoms with Crippen molar-refractivity contribution in [2.24, 2.45) is 11.3 Å². The SMILES string of the molecule is CC(CCc1ccco1)NC1CCCCC1C(C)(C)C. The van der Waals surface area contributed by atoms with Crippen LogP contribution in [0.5, 0.6) is 0 Å². The summed E-state index contributed by atoms with van der Waals surface area (Å²) >= 11 is 0. The minimum Gasteiger partial charge on any atom is -0.469 e. The average Bonchev–Trinajstić information content (AvgIpc) is 2.89. The molecule has 114 valence electrons. The van der Waals surface area contributed by atoms with Crippen molar-refractivity contribution < 1.29 is 4.42 Å². The highest BCUT2D eigenvalue weighted by Crippen LogP contribution is 2.38. The van der Waals surface area contributed by atoms with Crippen LogP contribution in [0, 0.1) is 11.3 Å². The smallest absolute Gasteiger partial charge is 0.103 e. The van der Waals surface area contributed by atoms with Crippen LogP contribution in [-0.4, -0.2) is 12.1 Å². The third kappa shape index (κ3) is 4.37. The zero-order valence-corrected chi connectivity index (χ0v) is 13.6. The molecule has 1 aromatic heterocycles. The molecule has 0 saturated heterocycles. The fraction of sp³-hybridized carbons (Fsp3) is 0.778. The lowest BCUT2D eigenvalue weighted by molar-refractivity contribution is 0.123. The van der Waals surface area contributed by atoms with Gasteiger partial charge in [0.05, 0.1) is 6.26 Å². The summed E-state index contributed by atoms with van der Waals surface area (Å²) in [4.78, 5) is 0. The lowest BCUT2D eigenvalue weighted by Crippen LogP contribution is -2.47. The molecule has 0 aliphatic heterocycles. The predicted molar refractivity (Wildman–Crippen MR) is 84.8 cm³/mol. The molecule has 0 bridgehead atoms. The quantitative estimate of drug-likeness (QED) is 0.836. The molecule has 2 heteroatoms. The van der Waals surface area contributed by atoms with Gasteiger partial charge in [-0.2, -0.15) is 0 Å². The van der Waals surface area contributed by atoms with E-state index in [4.69, 9.17) is 4.42 Å². The number of nitrogens with one attached hydrogen (secondary N) is 1. The van der Waals surface area contributed by atoms with Gasteiger partial charge >= 0.3 is 0 Å². The van der Waals surface area contributed by atoms with Crippen molar-refractivity contribution in [1.82, 2.24) is 5.32 Å². The Morgan fingerprint density at radius 2 is 2.05 bits per heavy atom. The maximum Gasteiger partial charge on any atom is 0.103 e. The van der Waals surface area contributed by atoms with Gasteiger partial charge in [-0.3, -0.25) is 0 Å². The minimum atomic E-state index is 0.415. The molecule has 1 saturated carbocycles. The maximum absolute atomic E-state index is 5.42. The maximum atomic E-state index is 5.42. The highest BCUT2D eigenvalue weighted by molar-refractivity contribution is 4.98. The molecule has 3 unspecified atom stereocenters. The summed E-state index contributed by atoms with van der Waals surface area (Å²) in [6.07, 6.45) is 9.47. The van der Waals surface area contributed by atoms with Crippen LogP contribution in [0.4, 0.5) is 0 Å². The van der Waals surface area contributed by atoms with Gasteiger partial charge in [0.15, 0.2) is 0 Å². The predicted octanol–water partition coefficient (Wildman–Crippen LogP) is 4.80. The molecule has 1 N–H and O–H groups in total. The van der Waals surface area contributed by atoms with Gasteiger partial charge in [0.2, 0.25) is 0 Å². The molecular formula is C18H31NO. The summed E-state index contributed by atoms with van der Waals surface area (Å²) in [7, 11) is 0. The van der Waals surface area contributed by atoms with E-state index in [1.165, 1.54) is 25.7 Å². The van der Waals surface area contributed by atoms with E-state index in [2.05, 4.69) is 39.1 Å².